The van der Waals surface area contributed by atoms with E-state index >= 15 is 0 Å². The Balaban J connectivity index is 1.62. The predicted octanol–water partition coefficient (Wildman–Crippen LogP) is 4.91. The third-order valence-corrected chi connectivity index (χ3v) is 12.0. The third kappa shape index (κ3) is 4.72. The van der Waals surface area contributed by atoms with Gasteiger partial charge in [-0.2, -0.15) is 0 Å². The maximum atomic E-state index is 13.8. The summed E-state index contributed by atoms with van der Waals surface area (Å²) in [5.41, 5.74) is -3.43. The zero-order chi connectivity index (χ0) is 33.4. The molecule has 252 valence electrons. The lowest BCUT2D eigenvalue weighted by atomic mass is 9.57. The standard InChI is InChI=1S/C36H48O10/c1-9-15-41-28-19(2)17-36(46-22(5)39)27(28)30(43-20(3)37)35-18-42-34(8,32(36)44-21(4)38)29(35)26-24(33(26,6)7)16-25(35)45-31(40)23-13-11-10-12-14-23/h10-14,19,24-30,32H,9,15-18H2,1-8H3/t19-,24-,25+,26-,27+,28-,29-,30+,32-,34+,35+,36+/m0/s1. The number of esters is 4. The highest BCUT2D eigenvalue weighted by Gasteiger charge is 2.86. The van der Waals surface area contributed by atoms with Crippen LogP contribution in [0, 0.1) is 40.4 Å². The molecule has 0 spiro atoms. The molecule has 5 fully saturated rings. The van der Waals surface area contributed by atoms with E-state index in [1.807, 2.05) is 26.8 Å². The molecule has 4 saturated carbocycles. The monoisotopic (exact) mass is 640 g/mol. The van der Waals surface area contributed by atoms with Crippen molar-refractivity contribution in [2.75, 3.05) is 13.2 Å². The maximum absolute atomic E-state index is 13.8. The Kier molecular flexibility index (Phi) is 8.11. The van der Waals surface area contributed by atoms with Crippen molar-refractivity contribution in [3.05, 3.63) is 35.9 Å². The lowest BCUT2D eigenvalue weighted by Gasteiger charge is -2.51. The van der Waals surface area contributed by atoms with Gasteiger partial charge in [0.25, 0.3) is 0 Å². The van der Waals surface area contributed by atoms with Crippen molar-refractivity contribution in [1.82, 2.24) is 0 Å². The minimum atomic E-state index is -1.45. The first kappa shape index (κ1) is 32.9. The van der Waals surface area contributed by atoms with E-state index in [9.17, 15) is 19.2 Å². The number of rotatable bonds is 8. The molecule has 1 saturated heterocycles. The number of carbonyl (C=O) groups is 4. The Labute approximate surface area is 271 Å². The van der Waals surface area contributed by atoms with Gasteiger partial charge in [0, 0.05) is 33.3 Å². The van der Waals surface area contributed by atoms with Crippen LogP contribution in [0.3, 0.4) is 0 Å². The van der Waals surface area contributed by atoms with Crippen molar-refractivity contribution in [2.45, 2.75) is 110 Å². The molecule has 1 aromatic rings. The summed E-state index contributed by atoms with van der Waals surface area (Å²) in [4.78, 5) is 53.1. The van der Waals surface area contributed by atoms with Crippen LogP contribution in [0.25, 0.3) is 0 Å². The largest absolute Gasteiger partial charge is 0.461 e. The van der Waals surface area contributed by atoms with E-state index in [1.165, 1.54) is 20.8 Å². The SMILES string of the molecule is CCCO[C@@H]1[C@@H]2[C@@H](OC(C)=O)[C@@]34CO[C@@](C)([C@H](OC(C)=O)[C@@]2(OC(C)=O)C[C@@H]1C)[C@@H]3[C@@H]1[C@H](C[C@H]4OC(=O)c2ccccc2)C1(C)C. The number of fused-ring (bicyclic) bond motifs is 2. The summed E-state index contributed by atoms with van der Waals surface area (Å²) in [6.07, 6.45) is -1.64. The molecule has 6 rings (SSSR count). The molecule has 12 atom stereocenters. The molecular weight excluding hydrogens is 592 g/mol. The van der Waals surface area contributed by atoms with Gasteiger partial charge in [-0.25, -0.2) is 4.79 Å². The summed E-state index contributed by atoms with van der Waals surface area (Å²) < 4.78 is 39.2. The summed E-state index contributed by atoms with van der Waals surface area (Å²) in [5, 5.41) is 0. The summed E-state index contributed by atoms with van der Waals surface area (Å²) in [5.74, 6) is -3.12. The van der Waals surface area contributed by atoms with Crippen molar-refractivity contribution in [3.63, 3.8) is 0 Å². The van der Waals surface area contributed by atoms with Crippen molar-refractivity contribution in [3.8, 4) is 0 Å². The molecule has 4 aliphatic carbocycles. The fraction of sp³-hybridized carbons (Fsp3) is 0.722. The molecule has 46 heavy (non-hydrogen) atoms. The van der Waals surface area contributed by atoms with E-state index in [1.54, 1.807) is 24.3 Å². The van der Waals surface area contributed by atoms with Crippen LogP contribution in [0.1, 0.15) is 85.0 Å². The normalized spacial score (nSPS) is 42.8. The lowest BCUT2D eigenvalue weighted by molar-refractivity contribution is -0.247. The molecular formula is C36H48O10. The van der Waals surface area contributed by atoms with Crippen LogP contribution in [0.2, 0.25) is 0 Å². The zero-order valence-corrected chi connectivity index (χ0v) is 28.2. The Bertz CT molecular complexity index is 1390. The molecule has 10 nitrogen and oxygen atoms in total. The fourth-order valence-corrected chi connectivity index (χ4v) is 10.6. The summed E-state index contributed by atoms with van der Waals surface area (Å²) in [6.45, 7) is 14.9. The average molecular weight is 641 g/mol. The molecule has 1 heterocycles. The number of carbonyl (C=O) groups excluding carboxylic acids is 4. The average Bonchev–Trinajstić information content (AvgIpc) is 3.24. The van der Waals surface area contributed by atoms with Gasteiger partial charge < -0.3 is 28.4 Å². The van der Waals surface area contributed by atoms with Gasteiger partial charge in [0.2, 0.25) is 0 Å². The molecule has 5 aliphatic rings. The van der Waals surface area contributed by atoms with E-state index in [0.29, 0.717) is 25.0 Å². The second-order valence-corrected chi connectivity index (χ2v) is 15.1. The van der Waals surface area contributed by atoms with Crippen molar-refractivity contribution < 1.29 is 47.6 Å². The summed E-state index contributed by atoms with van der Waals surface area (Å²) >= 11 is 0. The number of hydrogen-bond acceptors (Lipinski definition) is 10. The quantitative estimate of drug-likeness (QED) is 0.286. The van der Waals surface area contributed by atoms with E-state index in [4.69, 9.17) is 28.4 Å². The van der Waals surface area contributed by atoms with E-state index in [-0.39, 0.29) is 35.7 Å². The molecule has 0 radical (unpaired) electrons. The number of hydrogen-bond donors (Lipinski definition) is 0. The van der Waals surface area contributed by atoms with Crippen LogP contribution in [-0.4, -0.2) is 72.7 Å². The van der Waals surface area contributed by atoms with Gasteiger partial charge in [0.15, 0.2) is 11.7 Å². The second-order valence-electron chi connectivity index (χ2n) is 15.1. The van der Waals surface area contributed by atoms with Crippen molar-refractivity contribution >= 4 is 23.9 Å². The molecule has 2 bridgehead atoms. The molecule has 0 unspecified atom stereocenters. The lowest BCUT2D eigenvalue weighted by Crippen LogP contribution is -2.64. The minimum absolute atomic E-state index is 0.0726. The molecule has 0 amide bonds. The van der Waals surface area contributed by atoms with Crippen LogP contribution in [0.5, 0.6) is 0 Å². The van der Waals surface area contributed by atoms with E-state index in [0.717, 1.165) is 6.42 Å². The summed E-state index contributed by atoms with van der Waals surface area (Å²) in [6, 6.07) is 8.84. The van der Waals surface area contributed by atoms with Gasteiger partial charge >= 0.3 is 23.9 Å². The molecule has 0 N–H and O–H groups in total. The van der Waals surface area contributed by atoms with Crippen LogP contribution in [-0.2, 0) is 42.8 Å². The highest BCUT2D eigenvalue weighted by Crippen LogP contribution is 2.79. The van der Waals surface area contributed by atoms with Gasteiger partial charge in [-0.3, -0.25) is 14.4 Å². The maximum Gasteiger partial charge on any atom is 0.338 e. The summed E-state index contributed by atoms with van der Waals surface area (Å²) in [7, 11) is 0. The highest BCUT2D eigenvalue weighted by atomic mass is 16.6. The first-order valence-electron chi connectivity index (χ1n) is 16.7. The number of ether oxygens (including phenoxy) is 6. The van der Waals surface area contributed by atoms with Gasteiger partial charge in [0.1, 0.15) is 17.8 Å². The van der Waals surface area contributed by atoms with Gasteiger partial charge in [-0.15, -0.1) is 0 Å². The van der Waals surface area contributed by atoms with E-state index < -0.39 is 70.8 Å². The molecule has 0 aromatic heterocycles. The molecule has 10 heteroatoms. The van der Waals surface area contributed by atoms with Gasteiger partial charge in [0.05, 0.1) is 29.6 Å². The van der Waals surface area contributed by atoms with Crippen molar-refractivity contribution in [1.29, 1.82) is 0 Å². The van der Waals surface area contributed by atoms with Gasteiger partial charge in [-0.05, 0) is 61.5 Å². The van der Waals surface area contributed by atoms with Crippen LogP contribution < -0.4 is 0 Å². The highest BCUT2D eigenvalue weighted by molar-refractivity contribution is 5.89. The predicted molar refractivity (Wildman–Crippen MR) is 164 cm³/mol. The Hall–Kier alpha value is -2.98. The van der Waals surface area contributed by atoms with E-state index in [2.05, 4.69) is 13.8 Å². The first-order chi connectivity index (χ1) is 21.6. The van der Waals surface area contributed by atoms with Crippen LogP contribution >= 0.6 is 0 Å². The van der Waals surface area contributed by atoms with Gasteiger partial charge in [-0.1, -0.05) is 45.9 Å². The topological polar surface area (TPSA) is 124 Å². The second kappa shape index (κ2) is 11.3. The Morgan fingerprint density at radius 1 is 0.913 bits per heavy atom. The zero-order valence-electron chi connectivity index (χ0n) is 28.2. The molecule has 1 aromatic carbocycles. The Morgan fingerprint density at radius 2 is 1.59 bits per heavy atom. The van der Waals surface area contributed by atoms with Crippen LogP contribution in [0.4, 0.5) is 0 Å². The third-order valence-electron chi connectivity index (χ3n) is 12.0. The fourth-order valence-electron chi connectivity index (χ4n) is 10.6. The molecule has 1 aliphatic heterocycles. The minimum Gasteiger partial charge on any atom is -0.461 e. The first-order valence-corrected chi connectivity index (χ1v) is 16.7. The van der Waals surface area contributed by atoms with Crippen molar-refractivity contribution in [2.24, 2.45) is 40.4 Å². The number of benzene rings is 1. The Morgan fingerprint density at radius 3 is 2.20 bits per heavy atom. The smallest absolute Gasteiger partial charge is 0.338 e. The van der Waals surface area contributed by atoms with Crippen LogP contribution in [0.15, 0.2) is 30.3 Å².